The number of hydrogen-bond acceptors (Lipinski definition) is 4. The molecule has 0 aliphatic carbocycles. The van der Waals surface area contributed by atoms with E-state index in [2.05, 4.69) is 12.1 Å². The zero-order valence-electron chi connectivity index (χ0n) is 12.1. The summed E-state index contributed by atoms with van der Waals surface area (Å²) in [5.74, 6) is 0.587. The van der Waals surface area contributed by atoms with Crippen molar-refractivity contribution in [1.82, 2.24) is 0 Å². The van der Waals surface area contributed by atoms with E-state index in [9.17, 15) is 10.1 Å². The summed E-state index contributed by atoms with van der Waals surface area (Å²) in [7, 11) is 0. The standard InChI is InChI=1S/C16H18N2O3/c1-11-3-4-12(2)14(7-11)10-21-16-6-5-15(18(19)20)8-13(16)9-17/h3-8H,9-10,17H2,1-2H3. The molecule has 110 valence electrons. The van der Waals surface area contributed by atoms with E-state index in [0.717, 1.165) is 11.1 Å². The third-order valence-electron chi connectivity index (χ3n) is 3.36. The monoisotopic (exact) mass is 286 g/mol. The van der Waals surface area contributed by atoms with Crippen LogP contribution in [0.1, 0.15) is 22.3 Å². The summed E-state index contributed by atoms with van der Waals surface area (Å²) in [4.78, 5) is 10.3. The molecule has 5 heteroatoms. The van der Waals surface area contributed by atoms with Crippen LogP contribution in [0.2, 0.25) is 0 Å². The smallest absolute Gasteiger partial charge is 0.270 e. The van der Waals surface area contributed by atoms with Crippen LogP contribution in [-0.4, -0.2) is 4.92 Å². The molecule has 0 aliphatic rings. The van der Waals surface area contributed by atoms with Crippen LogP contribution in [0.3, 0.4) is 0 Å². The third-order valence-corrected chi connectivity index (χ3v) is 3.36. The van der Waals surface area contributed by atoms with Gasteiger partial charge in [0.15, 0.2) is 0 Å². The summed E-state index contributed by atoms with van der Waals surface area (Å²) in [5, 5.41) is 10.8. The second-order valence-corrected chi connectivity index (χ2v) is 4.97. The zero-order chi connectivity index (χ0) is 15.4. The minimum Gasteiger partial charge on any atom is -0.489 e. The molecular formula is C16H18N2O3. The molecule has 0 saturated carbocycles. The van der Waals surface area contributed by atoms with Gasteiger partial charge in [0.1, 0.15) is 12.4 Å². The SMILES string of the molecule is Cc1ccc(C)c(COc2ccc([N+](=O)[O-])cc2CN)c1. The molecule has 2 aromatic rings. The number of rotatable bonds is 5. The van der Waals surface area contributed by atoms with E-state index in [1.807, 2.05) is 19.9 Å². The van der Waals surface area contributed by atoms with Gasteiger partial charge in [0.05, 0.1) is 4.92 Å². The van der Waals surface area contributed by atoms with Crippen LogP contribution in [0.5, 0.6) is 5.75 Å². The molecule has 0 unspecified atom stereocenters. The van der Waals surface area contributed by atoms with Gasteiger partial charge in [0.25, 0.3) is 5.69 Å². The Morgan fingerprint density at radius 1 is 1.14 bits per heavy atom. The number of hydrogen-bond donors (Lipinski definition) is 1. The van der Waals surface area contributed by atoms with Gasteiger partial charge in [-0.05, 0) is 31.0 Å². The van der Waals surface area contributed by atoms with Crippen molar-refractivity contribution in [2.45, 2.75) is 27.0 Å². The Bertz CT molecular complexity index is 669. The zero-order valence-corrected chi connectivity index (χ0v) is 12.1. The van der Waals surface area contributed by atoms with Gasteiger partial charge in [-0.25, -0.2) is 0 Å². The van der Waals surface area contributed by atoms with Crippen molar-refractivity contribution in [2.24, 2.45) is 5.73 Å². The largest absolute Gasteiger partial charge is 0.489 e. The minimum absolute atomic E-state index is 0.0227. The summed E-state index contributed by atoms with van der Waals surface area (Å²) in [6, 6.07) is 10.7. The van der Waals surface area contributed by atoms with Gasteiger partial charge in [0, 0.05) is 24.2 Å². The summed E-state index contributed by atoms with van der Waals surface area (Å²) in [5.41, 5.74) is 9.71. The quantitative estimate of drug-likeness (QED) is 0.676. The van der Waals surface area contributed by atoms with Crippen molar-refractivity contribution in [3.8, 4) is 5.75 Å². The van der Waals surface area contributed by atoms with E-state index in [1.54, 1.807) is 6.07 Å². The molecule has 0 saturated heterocycles. The van der Waals surface area contributed by atoms with E-state index in [4.69, 9.17) is 10.5 Å². The fourth-order valence-corrected chi connectivity index (χ4v) is 2.09. The molecule has 5 nitrogen and oxygen atoms in total. The first-order valence-electron chi connectivity index (χ1n) is 6.67. The molecule has 2 aromatic carbocycles. The Kier molecular flexibility index (Phi) is 4.55. The summed E-state index contributed by atoms with van der Waals surface area (Å²) in [6.45, 7) is 4.67. The number of nitro groups is 1. The Balaban J connectivity index is 2.19. The van der Waals surface area contributed by atoms with Gasteiger partial charge in [-0.3, -0.25) is 10.1 Å². The third kappa shape index (κ3) is 3.58. The van der Waals surface area contributed by atoms with Gasteiger partial charge in [0.2, 0.25) is 0 Å². The fraction of sp³-hybridized carbons (Fsp3) is 0.250. The summed E-state index contributed by atoms with van der Waals surface area (Å²) < 4.78 is 5.78. The number of benzene rings is 2. The lowest BCUT2D eigenvalue weighted by Crippen LogP contribution is -2.04. The fourth-order valence-electron chi connectivity index (χ4n) is 2.09. The second kappa shape index (κ2) is 6.37. The minimum atomic E-state index is -0.437. The summed E-state index contributed by atoms with van der Waals surface area (Å²) >= 11 is 0. The Hall–Kier alpha value is -2.40. The lowest BCUT2D eigenvalue weighted by molar-refractivity contribution is -0.384. The second-order valence-electron chi connectivity index (χ2n) is 4.97. The Labute approximate surface area is 123 Å². The van der Waals surface area contributed by atoms with Gasteiger partial charge < -0.3 is 10.5 Å². The Morgan fingerprint density at radius 3 is 2.57 bits per heavy atom. The first-order chi connectivity index (χ1) is 10.0. The van der Waals surface area contributed by atoms with Crippen molar-refractivity contribution in [3.63, 3.8) is 0 Å². The maximum Gasteiger partial charge on any atom is 0.270 e. The van der Waals surface area contributed by atoms with E-state index in [0.29, 0.717) is 17.9 Å². The van der Waals surface area contributed by atoms with E-state index in [1.165, 1.54) is 17.7 Å². The highest BCUT2D eigenvalue weighted by atomic mass is 16.6. The number of nitrogens with zero attached hydrogens (tertiary/aromatic N) is 1. The number of aryl methyl sites for hydroxylation is 2. The van der Waals surface area contributed by atoms with Gasteiger partial charge in [-0.15, -0.1) is 0 Å². The number of non-ortho nitro benzene ring substituents is 1. The van der Waals surface area contributed by atoms with E-state index in [-0.39, 0.29) is 12.2 Å². The van der Waals surface area contributed by atoms with Crippen LogP contribution in [-0.2, 0) is 13.2 Å². The van der Waals surface area contributed by atoms with Crippen LogP contribution in [0, 0.1) is 24.0 Å². The van der Waals surface area contributed by atoms with Gasteiger partial charge in [-0.2, -0.15) is 0 Å². The lowest BCUT2D eigenvalue weighted by Gasteiger charge is -2.12. The molecule has 2 rings (SSSR count). The molecule has 21 heavy (non-hydrogen) atoms. The van der Waals surface area contributed by atoms with Crippen LogP contribution >= 0.6 is 0 Å². The first-order valence-corrected chi connectivity index (χ1v) is 6.67. The molecule has 0 amide bonds. The van der Waals surface area contributed by atoms with Crippen molar-refractivity contribution in [2.75, 3.05) is 0 Å². The van der Waals surface area contributed by atoms with Crippen LogP contribution in [0.25, 0.3) is 0 Å². The molecule has 0 aromatic heterocycles. The molecule has 0 aliphatic heterocycles. The highest BCUT2D eigenvalue weighted by Gasteiger charge is 2.11. The molecule has 0 spiro atoms. The predicted molar refractivity (Wildman–Crippen MR) is 81.2 cm³/mol. The number of ether oxygens (including phenoxy) is 1. The lowest BCUT2D eigenvalue weighted by atomic mass is 10.1. The predicted octanol–water partition coefficient (Wildman–Crippen LogP) is 3.25. The van der Waals surface area contributed by atoms with Crippen LogP contribution in [0.15, 0.2) is 36.4 Å². The molecule has 0 heterocycles. The number of nitro benzene ring substituents is 1. The average Bonchev–Trinajstić information content (AvgIpc) is 2.47. The van der Waals surface area contributed by atoms with Crippen LogP contribution < -0.4 is 10.5 Å². The van der Waals surface area contributed by atoms with Crippen molar-refractivity contribution in [1.29, 1.82) is 0 Å². The normalized spacial score (nSPS) is 10.4. The summed E-state index contributed by atoms with van der Waals surface area (Å²) in [6.07, 6.45) is 0. The highest BCUT2D eigenvalue weighted by molar-refractivity contribution is 5.44. The molecule has 0 fully saturated rings. The van der Waals surface area contributed by atoms with E-state index < -0.39 is 4.92 Å². The average molecular weight is 286 g/mol. The maximum absolute atomic E-state index is 10.8. The van der Waals surface area contributed by atoms with Crippen molar-refractivity contribution >= 4 is 5.69 Å². The van der Waals surface area contributed by atoms with Gasteiger partial charge >= 0.3 is 0 Å². The van der Waals surface area contributed by atoms with E-state index >= 15 is 0 Å². The maximum atomic E-state index is 10.8. The number of nitrogens with two attached hydrogens (primary N) is 1. The van der Waals surface area contributed by atoms with Crippen LogP contribution in [0.4, 0.5) is 5.69 Å². The first kappa shape index (κ1) is 15.0. The van der Waals surface area contributed by atoms with Crippen molar-refractivity contribution in [3.05, 3.63) is 68.8 Å². The molecule has 0 radical (unpaired) electrons. The molecule has 2 N–H and O–H groups in total. The Morgan fingerprint density at radius 2 is 1.90 bits per heavy atom. The highest BCUT2D eigenvalue weighted by Crippen LogP contribution is 2.25. The topological polar surface area (TPSA) is 78.4 Å². The molecular weight excluding hydrogens is 268 g/mol. The molecule has 0 bridgehead atoms. The van der Waals surface area contributed by atoms with Gasteiger partial charge in [-0.1, -0.05) is 23.8 Å². The molecule has 0 atom stereocenters. The van der Waals surface area contributed by atoms with Crippen molar-refractivity contribution < 1.29 is 9.66 Å².